The van der Waals surface area contributed by atoms with E-state index in [0.29, 0.717) is 6.61 Å². The number of hydrogen-bond donors (Lipinski definition) is 3. The van der Waals surface area contributed by atoms with Gasteiger partial charge in [-0.2, -0.15) is 0 Å². The Hall–Kier alpha value is -2.61. The van der Waals surface area contributed by atoms with Gasteiger partial charge in [-0.25, -0.2) is 9.59 Å². The van der Waals surface area contributed by atoms with Crippen LogP contribution >= 0.6 is 0 Å². The van der Waals surface area contributed by atoms with Crippen LogP contribution in [-0.2, 0) is 14.4 Å². The fraction of sp³-hybridized carbons (Fsp3) is 0.438. The third-order valence-electron chi connectivity index (χ3n) is 3.00. The van der Waals surface area contributed by atoms with Gasteiger partial charge in [-0.15, -0.1) is 0 Å². The fourth-order valence-electron chi connectivity index (χ4n) is 2.01. The first-order valence-corrected chi connectivity index (χ1v) is 7.32. The highest BCUT2D eigenvalue weighted by Crippen LogP contribution is 2.29. The van der Waals surface area contributed by atoms with Gasteiger partial charge in [-0.3, -0.25) is 4.79 Å². The summed E-state index contributed by atoms with van der Waals surface area (Å²) in [4.78, 5) is 31.4. The molecular formula is C16H24N2O6. The number of ether oxygens (including phenoxy) is 1. The Kier molecular flexibility index (Phi) is 9.11. The fourth-order valence-corrected chi connectivity index (χ4v) is 2.01. The van der Waals surface area contributed by atoms with Crippen LogP contribution in [0.3, 0.4) is 0 Å². The van der Waals surface area contributed by atoms with Crippen LogP contribution in [0.2, 0.25) is 0 Å². The molecule has 0 fully saturated rings. The molecule has 0 spiro atoms. The largest absolute Gasteiger partial charge is 0.494 e. The Bertz CT molecular complexity index is 565. The normalized spacial score (nSPS) is 9.54. The zero-order valence-corrected chi connectivity index (χ0v) is 14.3. The van der Waals surface area contributed by atoms with Crippen LogP contribution in [0.25, 0.3) is 0 Å². The third-order valence-corrected chi connectivity index (χ3v) is 3.00. The summed E-state index contributed by atoms with van der Waals surface area (Å²) >= 11 is 0. The van der Waals surface area contributed by atoms with Gasteiger partial charge in [-0.05, 0) is 43.5 Å². The number of rotatable bonds is 5. The monoisotopic (exact) mass is 340 g/mol. The summed E-state index contributed by atoms with van der Waals surface area (Å²) < 4.78 is 5.61. The summed E-state index contributed by atoms with van der Waals surface area (Å²) in [5.74, 6) is -2.89. The molecule has 24 heavy (non-hydrogen) atoms. The van der Waals surface area contributed by atoms with Gasteiger partial charge in [0, 0.05) is 12.7 Å². The van der Waals surface area contributed by atoms with Gasteiger partial charge in [0.1, 0.15) is 5.75 Å². The van der Waals surface area contributed by atoms with Gasteiger partial charge in [0.25, 0.3) is 0 Å². The van der Waals surface area contributed by atoms with Gasteiger partial charge in [0.05, 0.1) is 13.2 Å². The first-order chi connectivity index (χ1) is 11.1. The second-order valence-electron chi connectivity index (χ2n) is 5.02. The number of anilines is 1. The maximum atomic E-state index is 11.6. The maximum Gasteiger partial charge on any atom is 0.414 e. The van der Waals surface area contributed by atoms with E-state index < -0.39 is 11.9 Å². The van der Waals surface area contributed by atoms with E-state index >= 15 is 0 Å². The number of aliphatic carboxylic acids is 2. The number of aryl methyl sites for hydroxylation is 2. The Balaban J connectivity index is 0.000000754. The molecule has 1 aromatic carbocycles. The molecule has 0 bridgehead atoms. The first-order valence-electron chi connectivity index (χ1n) is 7.32. The van der Waals surface area contributed by atoms with E-state index in [1.165, 1.54) is 0 Å². The zero-order valence-electron chi connectivity index (χ0n) is 14.3. The molecule has 0 saturated heterocycles. The van der Waals surface area contributed by atoms with E-state index in [1.807, 2.05) is 26.0 Å². The summed E-state index contributed by atoms with van der Waals surface area (Å²) in [6.45, 7) is 6.74. The quantitative estimate of drug-likeness (QED) is 0.686. The van der Waals surface area contributed by atoms with Crippen LogP contribution in [0.1, 0.15) is 24.5 Å². The zero-order chi connectivity index (χ0) is 18.9. The molecule has 8 nitrogen and oxygen atoms in total. The van der Waals surface area contributed by atoms with Gasteiger partial charge in [0.15, 0.2) is 0 Å². The average molecular weight is 340 g/mol. The van der Waals surface area contributed by atoms with Crippen molar-refractivity contribution in [1.82, 2.24) is 0 Å². The van der Waals surface area contributed by atoms with Crippen molar-refractivity contribution in [2.24, 2.45) is 5.73 Å². The summed E-state index contributed by atoms with van der Waals surface area (Å²) in [6, 6.07) is 3.91. The molecule has 0 aliphatic heterocycles. The second kappa shape index (κ2) is 10.2. The molecule has 0 unspecified atom stereocenters. The molecule has 0 atom stereocenters. The molecule has 1 aromatic rings. The van der Waals surface area contributed by atoms with Crippen LogP contribution < -0.4 is 15.4 Å². The maximum absolute atomic E-state index is 11.6. The smallest absolute Gasteiger partial charge is 0.414 e. The van der Waals surface area contributed by atoms with Crippen LogP contribution in [0.15, 0.2) is 12.1 Å². The van der Waals surface area contributed by atoms with Crippen molar-refractivity contribution in [3.63, 3.8) is 0 Å². The topological polar surface area (TPSA) is 130 Å². The lowest BCUT2D eigenvalue weighted by Gasteiger charge is -2.22. The molecule has 134 valence electrons. The molecule has 0 radical (unpaired) electrons. The van der Waals surface area contributed by atoms with Crippen LogP contribution in [0, 0.1) is 13.8 Å². The molecular weight excluding hydrogens is 316 g/mol. The third kappa shape index (κ3) is 6.66. The molecule has 0 heterocycles. The molecule has 0 saturated carbocycles. The van der Waals surface area contributed by atoms with E-state index in [-0.39, 0.29) is 12.5 Å². The Labute approximate surface area is 140 Å². The lowest BCUT2D eigenvalue weighted by Crippen LogP contribution is -2.33. The molecule has 1 amide bonds. The predicted octanol–water partition coefficient (Wildman–Crippen LogP) is 1.17. The Morgan fingerprint density at radius 3 is 1.92 bits per heavy atom. The van der Waals surface area contributed by atoms with Gasteiger partial charge in [0.2, 0.25) is 5.91 Å². The van der Waals surface area contributed by atoms with Crippen molar-refractivity contribution in [2.45, 2.75) is 27.2 Å². The number of carbonyl (C=O) groups is 3. The lowest BCUT2D eigenvalue weighted by molar-refractivity contribution is -0.159. The van der Waals surface area contributed by atoms with Gasteiger partial charge >= 0.3 is 11.9 Å². The molecule has 0 aromatic heterocycles. The van der Waals surface area contributed by atoms with E-state index in [1.54, 1.807) is 11.9 Å². The van der Waals surface area contributed by atoms with E-state index in [4.69, 9.17) is 30.3 Å². The van der Waals surface area contributed by atoms with Gasteiger partial charge in [-0.1, -0.05) is 6.92 Å². The highest BCUT2D eigenvalue weighted by Gasteiger charge is 2.15. The van der Waals surface area contributed by atoms with Crippen molar-refractivity contribution in [3.8, 4) is 5.75 Å². The number of carboxylic acid groups (broad SMARTS) is 2. The van der Waals surface area contributed by atoms with Crippen LogP contribution in [0.4, 0.5) is 5.69 Å². The summed E-state index contributed by atoms with van der Waals surface area (Å²) in [5, 5.41) is 14.8. The van der Waals surface area contributed by atoms with Crippen molar-refractivity contribution < 1.29 is 29.3 Å². The van der Waals surface area contributed by atoms with Crippen molar-refractivity contribution >= 4 is 23.5 Å². The number of nitrogens with zero attached hydrogens (tertiary/aromatic N) is 1. The number of hydrogen-bond acceptors (Lipinski definition) is 5. The predicted molar refractivity (Wildman–Crippen MR) is 89.4 cm³/mol. The first kappa shape index (κ1) is 21.4. The molecule has 8 heteroatoms. The minimum Gasteiger partial charge on any atom is -0.494 e. The highest BCUT2D eigenvalue weighted by atomic mass is 16.5. The van der Waals surface area contributed by atoms with E-state index in [9.17, 15) is 4.79 Å². The number of carbonyl (C=O) groups excluding carboxylic acids is 1. The minimum absolute atomic E-state index is 0.0173. The van der Waals surface area contributed by atoms with Crippen molar-refractivity contribution in [2.75, 3.05) is 25.1 Å². The SMILES string of the molecule is CCCOc1cc(C)c(N(C)C(=O)CN)c(C)c1.O=C(O)C(=O)O. The standard InChI is InChI=1S/C14H22N2O2.C2H2O4/c1-5-6-18-12-7-10(2)14(11(3)8-12)16(4)13(17)9-15;3-1(4)2(5)6/h7-8H,5-6,9,15H2,1-4H3;(H,3,4)(H,5,6). The average Bonchev–Trinajstić information content (AvgIpc) is 2.51. The van der Waals surface area contributed by atoms with E-state index in [0.717, 1.165) is 29.0 Å². The number of likely N-dealkylation sites (N-methyl/N-ethyl adjacent to an activating group) is 1. The molecule has 1 rings (SSSR count). The molecule has 0 aliphatic rings. The van der Waals surface area contributed by atoms with Crippen LogP contribution in [-0.4, -0.2) is 48.3 Å². The van der Waals surface area contributed by atoms with E-state index in [2.05, 4.69) is 6.92 Å². The van der Waals surface area contributed by atoms with Crippen LogP contribution in [0.5, 0.6) is 5.75 Å². The van der Waals surface area contributed by atoms with Crippen molar-refractivity contribution in [1.29, 1.82) is 0 Å². The lowest BCUT2D eigenvalue weighted by atomic mass is 10.1. The summed E-state index contributed by atoms with van der Waals surface area (Å²) in [6.07, 6.45) is 0.978. The highest BCUT2D eigenvalue weighted by molar-refractivity contribution is 6.27. The number of carboxylic acids is 2. The van der Waals surface area contributed by atoms with Gasteiger partial charge < -0.3 is 25.6 Å². The molecule has 4 N–H and O–H groups in total. The molecule has 0 aliphatic carbocycles. The Morgan fingerprint density at radius 1 is 1.12 bits per heavy atom. The van der Waals surface area contributed by atoms with Crippen molar-refractivity contribution in [3.05, 3.63) is 23.3 Å². The summed E-state index contributed by atoms with van der Waals surface area (Å²) in [5.41, 5.74) is 8.34. The Morgan fingerprint density at radius 2 is 1.58 bits per heavy atom. The number of nitrogens with two attached hydrogens (primary N) is 1. The number of amides is 1. The summed E-state index contributed by atoms with van der Waals surface area (Å²) in [7, 11) is 1.75. The minimum atomic E-state index is -1.82. The second-order valence-corrected chi connectivity index (χ2v) is 5.02. The number of benzene rings is 1.